The van der Waals surface area contributed by atoms with Crippen molar-refractivity contribution in [1.29, 1.82) is 0 Å². The van der Waals surface area contributed by atoms with Crippen LogP contribution in [0.5, 0.6) is 11.5 Å². The molecule has 0 bridgehead atoms. The largest absolute Gasteiger partial charge is 0.504 e. The second-order valence-electron chi connectivity index (χ2n) is 8.86. The summed E-state index contributed by atoms with van der Waals surface area (Å²) in [4.78, 5) is 25.5. The van der Waals surface area contributed by atoms with Crippen molar-refractivity contribution in [3.05, 3.63) is 23.3 Å². The first kappa shape index (κ1) is 22.1. The van der Waals surface area contributed by atoms with Gasteiger partial charge in [-0.3, -0.25) is 9.59 Å². The van der Waals surface area contributed by atoms with Crippen molar-refractivity contribution in [2.75, 3.05) is 13.6 Å². The minimum Gasteiger partial charge on any atom is -0.504 e. The Hall–Kier alpha value is -1.92. The molecule has 0 saturated heterocycles. The number of aromatic hydroxyl groups is 1. The lowest BCUT2D eigenvalue weighted by molar-refractivity contribution is -0.143. The Morgan fingerprint density at radius 1 is 1.04 bits per heavy atom. The Labute approximate surface area is 155 Å². The lowest BCUT2D eigenvalue weighted by atomic mass is 9.80. The van der Waals surface area contributed by atoms with E-state index in [1.807, 2.05) is 0 Å². The van der Waals surface area contributed by atoms with Crippen LogP contribution in [-0.4, -0.2) is 35.6 Å². The number of Topliss-reactive ketones (excluding diaryl/α,β-unsaturated/α-hetero) is 1. The van der Waals surface area contributed by atoms with E-state index in [1.54, 1.807) is 55.5 Å². The number of hydrogen-bond donors (Lipinski definition) is 3. The van der Waals surface area contributed by atoms with Gasteiger partial charge < -0.3 is 20.3 Å². The number of esters is 1. The average molecular weight is 365 g/mol. The topological polar surface area (TPSA) is 95.9 Å². The van der Waals surface area contributed by atoms with Crippen LogP contribution in [0.2, 0.25) is 0 Å². The summed E-state index contributed by atoms with van der Waals surface area (Å²) in [6.07, 6.45) is 0. The Morgan fingerprint density at radius 2 is 1.58 bits per heavy atom. The molecule has 0 fully saturated rings. The van der Waals surface area contributed by atoms with Gasteiger partial charge in [0.25, 0.3) is 0 Å². The van der Waals surface area contributed by atoms with E-state index in [9.17, 15) is 19.8 Å². The van der Waals surface area contributed by atoms with Crippen molar-refractivity contribution < 1.29 is 24.5 Å². The van der Waals surface area contributed by atoms with Crippen molar-refractivity contribution in [2.24, 2.45) is 10.8 Å². The number of carbonyl (C=O) groups is 2. The number of carbonyl (C=O) groups excluding carboxylic acids is 2. The molecule has 3 N–H and O–H groups in total. The number of nitrogens with one attached hydrogen (secondary N) is 1. The van der Waals surface area contributed by atoms with Gasteiger partial charge in [-0.05, 0) is 46.4 Å². The molecule has 0 aliphatic rings. The summed E-state index contributed by atoms with van der Waals surface area (Å²) in [5, 5.41) is 24.0. The standard InChI is InChI=1S/C20H31NO5/c1-18(2,3)16(23)14-12(20(7,25)11-21-8)9-10-13(22)15(14)26-17(24)19(4,5)6/h9-10,21-22,25H,11H2,1-8H3. The molecule has 0 saturated carbocycles. The van der Waals surface area contributed by atoms with E-state index in [2.05, 4.69) is 5.32 Å². The van der Waals surface area contributed by atoms with E-state index in [4.69, 9.17) is 4.74 Å². The molecule has 6 heteroatoms. The lowest BCUT2D eigenvalue weighted by Crippen LogP contribution is -2.37. The summed E-state index contributed by atoms with van der Waals surface area (Å²) in [6, 6.07) is 2.81. The third-order valence-corrected chi connectivity index (χ3v) is 3.95. The average Bonchev–Trinajstić information content (AvgIpc) is 2.46. The van der Waals surface area contributed by atoms with E-state index < -0.39 is 22.4 Å². The molecular formula is C20H31NO5. The second-order valence-corrected chi connectivity index (χ2v) is 8.86. The zero-order chi connectivity index (χ0) is 20.5. The number of hydrogen-bond acceptors (Lipinski definition) is 6. The molecule has 0 aromatic heterocycles. The number of ketones is 1. The fourth-order valence-corrected chi connectivity index (χ4v) is 2.41. The number of rotatable bonds is 5. The molecule has 146 valence electrons. The molecule has 26 heavy (non-hydrogen) atoms. The maximum absolute atomic E-state index is 13.1. The second kappa shape index (κ2) is 7.37. The number of benzene rings is 1. The number of phenols is 1. The van der Waals surface area contributed by atoms with Gasteiger partial charge in [0.2, 0.25) is 0 Å². The fraction of sp³-hybridized carbons (Fsp3) is 0.600. The summed E-state index contributed by atoms with van der Waals surface area (Å²) < 4.78 is 5.43. The highest BCUT2D eigenvalue weighted by Gasteiger charge is 2.37. The van der Waals surface area contributed by atoms with Crippen LogP contribution in [0.4, 0.5) is 0 Å². The first-order valence-corrected chi connectivity index (χ1v) is 8.63. The van der Waals surface area contributed by atoms with Crippen molar-refractivity contribution in [2.45, 2.75) is 54.1 Å². The Kier molecular flexibility index (Phi) is 6.27. The zero-order valence-electron chi connectivity index (χ0n) is 17.0. The number of likely N-dealkylation sites (N-methyl/N-ethyl adjacent to an activating group) is 1. The van der Waals surface area contributed by atoms with E-state index in [1.165, 1.54) is 12.1 Å². The van der Waals surface area contributed by atoms with Crippen molar-refractivity contribution in [3.8, 4) is 11.5 Å². The van der Waals surface area contributed by atoms with Crippen molar-refractivity contribution in [3.63, 3.8) is 0 Å². The summed E-state index contributed by atoms with van der Waals surface area (Å²) in [7, 11) is 1.68. The highest BCUT2D eigenvalue weighted by atomic mass is 16.5. The summed E-state index contributed by atoms with van der Waals surface area (Å²) >= 11 is 0. The third kappa shape index (κ3) is 4.83. The van der Waals surface area contributed by atoms with E-state index in [0.29, 0.717) is 5.56 Å². The van der Waals surface area contributed by atoms with E-state index in [0.717, 1.165) is 0 Å². The molecule has 1 rings (SSSR count). The van der Waals surface area contributed by atoms with Gasteiger partial charge in [0.1, 0.15) is 5.60 Å². The minimum absolute atomic E-state index is 0.0235. The molecule has 1 aromatic carbocycles. The monoisotopic (exact) mass is 365 g/mol. The summed E-state index contributed by atoms with van der Waals surface area (Å²) in [5.74, 6) is -1.45. The predicted octanol–water partition coefficient (Wildman–Crippen LogP) is 3.00. The maximum atomic E-state index is 13.1. The van der Waals surface area contributed by atoms with Crippen LogP contribution in [0.1, 0.15) is 64.4 Å². The van der Waals surface area contributed by atoms with Gasteiger partial charge in [0.15, 0.2) is 17.3 Å². The van der Waals surface area contributed by atoms with Gasteiger partial charge in [-0.15, -0.1) is 0 Å². The first-order chi connectivity index (χ1) is 11.6. The molecule has 0 amide bonds. The molecule has 0 heterocycles. The maximum Gasteiger partial charge on any atom is 0.316 e. The molecule has 0 spiro atoms. The molecule has 1 unspecified atom stereocenters. The fourth-order valence-electron chi connectivity index (χ4n) is 2.41. The molecule has 0 aliphatic carbocycles. The van der Waals surface area contributed by atoms with Crippen LogP contribution in [0.3, 0.4) is 0 Å². The number of ether oxygens (including phenoxy) is 1. The van der Waals surface area contributed by atoms with Gasteiger partial charge in [-0.25, -0.2) is 0 Å². The van der Waals surface area contributed by atoms with Gasteiger partial charge in [0.05, 0.1) is 11.0 Å². The van der Waals surface area contributed by atoms with Crippen LogP contribution in [0.15, 0.2) is 12.1 Å². The Bertz CT molecular complexity index is 693. The van der Waals surface area contributed by atoms with Crippen molar-refractivity contribution >= 4 is 11.8 Å². The highest BCUT2D eigenvalue weighted by Crippen LogP contribution is 2.41. The van der Waals surface area contributed by atoms with Crippen LogP contribution >= 0.6 is 0 Å². The van der Waals surface area contributed by atoms with Gasteiger partial charge in [-0.1, -0.05) is 26.8 Å². The van der Waals surface area contributed by atoms with Gasteiger partial charge in [-0.2, -0.15) is 0 Å². The summed E-state index contributed by atoms with van der Waals surface area (Å²) in [5.41, 5.74) is -2.71. The van der Waals surface area contributed by atoms with Crippen LogP contribution in [0.25, 0.3) is 0 Å². The van der Waals surface area contributed by atoms with Gasteiger partial charge in [0, 0.05) is 12.0 Å². The molecule has 6 nitrogen and oxygen atoms in total. The molecular weight excluding hydrogens is 334 g/mol. The lowest BCUT2D eigenvalue weighted by Gasteiger charge is -2.30. The van der Waals surface area contributed by atoms with Crippen LogP contribution in [-0.2, 0) is 10.4 Å². The van der Waals surface area contributed by atoms with E-state index in [-0.39, 0.29) is 29.4 Å². The first-order valence-electron chi connectivity index (χ1n) is 8.63. The predicted molar refractivity (Wildman–Crippen MR) is 100 cm³/mol. The Morgan fingerprint density at radius 3 is 2.00 bits per heavy atom. The zero-order valence-corrected chi connectivity index (χ0v) is 17.0. The van der Waals surface area contributed by atoms with Crippen LogP contribution < -0.4 is 10.1 Å². The SMILES string of the molecule is CNCC(C)(O)c1ccc(O)c(OC(=O)C(C)(C)C)c1C(=O)C(C)(C)C. The third-order valence-electron chi connectivity index (χ3n) is 3.95. The van der Waals surface area contributed by atoms with Gasteiger partial charge >= 0.3 is 5.97 Å². The van der Waals surface area contributed by atoms with Crippen molar-refractivity contribution in [1.82, 2.24) is 5.32 Å². The minimum atomic E-state index is -1.40. The van der Waals surface area contributed by atoms with E-state index >= 15 is 0 Å². The number of phenolic OH excluding ortho intramolecular Hbond substituents is 1. The smallest absolute Gasteiger partial charge is 0.316 e. The quantitative estimate of drug-likeness (QED) is 0.422. The molecule has 1 atom stereocenters. The molecule has 0 radical (unpaired) electrons. The molecule has 0 aliphatic heterocycles. The van der Waals surface area contributed by atoms with Crippen LogP contribution in [0, 0.1) is 10.8 Å². The Balaban J connectivity index is 3.72. The molecule has 1 aromatic rings. The highest BCUT2D eigenvalue weighted by molar-refractivity contribution is 6.05. The normalized spacial score (nSPS) is 14.7. The number of aliphatic hydroxyl groups is 1. The summed E-state index contributed by atoms with van der Waals surface area (Å²) in [6.45, 7) is 12.0.